The van der Waals surface area contributed by atoms with Gasteiger partial charge in [-0.25, -0.2) is 0 Å². The monoisotopic (exact) mass is 449 g/mol. The molecule has 1 amide bonds. The minimum Gasteiger partial charge on any atom is -0.497 e. The number of carbonyl (C=O) groups excluding carboxylic acids is 1. The average Bonchev–Trinajstić information content (AvgIpc) is 2.87. The van der Waals surface area contributed by atoms with Crippen molar-refractivity contribution in [2.75, 3.05) is 34.5 Å². The third-order valence-electron chi connectivity index (χ3n) is 5.33. The molecule has 0 unspecified atom stereocenters. The van der Waals surface area contributed by atoms with E-state index in [1.165, 1.54) is 0 Å². The molecule has 0 saturated heterocycles. The molecule has 0 atom stereocenters. The number of nitrogens with zero attached hydrogens (tertiary/aromatic N) is 1. The molecule has 0 fully saturated rings. The molecule has 6 nitrogen and oxygen atoms in total. The van der Waals surface area contributed by atoms with Crippen molar-refractivity contribution in [3.63, 3.8) is 0 Å². The van der Waals surface area contributed by atoms with Gasteiger partial charge in [0.05, 0.1) is 27.9 Å². The van der Waals surface area contributed by atoms with Gasteiger partial charge in [-0.3, -0.25) is 4.79 Å². The standard InChI is InChI=1S/C27H31NO5/c1-5-33-23-12-9-21(10-13-23)19-28(27(29)22-7-6-8-24(18-22)30-2)16-15-20-11-14-25(31-3)26(17-20)32-4/h6-14,17-18H,5,15-16,19H2,1-4H3. The van der Waals surface area contributed by atoms with Gasteiger partial charge in [-0.05, 0) is 66.9 Å². The third-order valence-corrected chi connectivity index (χ3v) is 5.33. The maximum absolute atomic E-state index is 13.4. The fourth-order valence-corrected chi connectivity index (χ4v) is 3.57. The number of hydrogen-bond acceptors (Lipinski definition) is 5. The summed E-state index contributed by atoms with van der Waals surface area (Å²) in [4.78, 5) is 15.3. The number of hydrogen-bond donors (Lipinski definition) is 0. The van der Waals surface area contributed by atoms with E-state index in [-0.39, 0.29) is 5.91 Å². The second-order valence-corrected chi connectivity index (χ2v) is 7.47. The first-order valence-corrected chi connectivity index (χ1v) is 10.9. The fourth-order valence-electron chi connectivity index (χ4n) is 3.57. The Kier molecular flexibility index (Phi) is 8.58. The Morgan fingerprint density at radius 3 is 2.18 bits per heavy atom. The van der Waals surface area contributed by atoms with E-state index >= 15 is 0 Å². The second kappa shape index (κ2) is 11.8. The molecule has 33 heavy (non-hydrogen) atoms. The lowest BCUT2D eigenvalue weighted by molar-refractivity contribution is 0.0744. The van der Waals surface area contributed by atoms with Crippen LogP contribution in [0.1, 0.15) is 28.4 Å². The van der Waals surface area contributed by atoms with E-state index in [1.807, 2.05) is 72.5 Å². The minimum absolute atomic E-state index is 0.0525. The van der Waals surface area contributed by atoms with Crippen molar-refractivity contribution in [2.45, 2.75) is 19.9 Å². The van der Waals surface area contributed by atoms with Crippen molar-refractivity contribution in [1.82, 2.24) is 4.90 Å². The van der Waals surface area contributed by atoms with E-state index in [0.29, 0.717) is 48.9 Å². The first-order valence-electron chi connectivity index (χ1n) is 10.9. The Hall–Kier alpha value is -3.67. The van der Waals surface area contributed by atoms with Gasteiger partial charge in [0, 0.05) is 18.7 Å². The number of carbonyl (C=O) groups is 1. The maximum Gasteiger partial charge on any atom is 0.254 e. The van der Waals surface area contributed by atoms with Crippen molar-refractivity contribution < 1.29 is 23.7 Å². The summed E-state index contributed by atoms with van der Waals surface area (Å²) in [6.45, 7) is 3.59. The van der Waals surface area contributed by atoms with Gasteiger partial charge >= 0.3 is 0 Å². The van der Waals surface area contributed by atoms with Crippen LogP contribution in [0.4, 0.5) is 0 Å². The predicted octanol–water partition coefficient (Wildman–Crippen LogP) is 5.00. The van der Waals surface area contributed by atoms with Gasteiger partial charge in [-0.1, -0.05) is 24.3 Å². The molecular weight excluding hydrogens is 418 g/mol. The van der Waals surface area contributed by atoms with E-state index in [4.69, 9.17) is 18.9 Å². The predicted molar refractivity (Wildman–Crippen MR) is 129 cm³/mol. The van der Waals surface area contributed by atoms with Crippen LogP contribution in [0.3, 0.4) is 0 Å². The third kappa shape index (κ3) is 6.42. The highest BCUT2D eigenvalue weighted by Gasteiger charge is 2.18. The Bertz CT molecular complexity index is 1050. The van der Waals surface area contributed by atoms with Crippen LogP contribution in [0.2, 0.25) is 0 Å². The van der Waals surface area contributed by atoms with Crippen molar-refractivity contribution >= 4 is 5.91 Å². The van der Waals surface area contributed by atoms with Gasteiger partial charge in [0.1, 0.15) is 11.5 Å². The summed E-state index contributed by atoms with van der Waals surface area (Å²) in [5.74, 6) is 2.77. The van der Waals surface area contributed by atoms with Crippen LogP contribution < -0.4 is 18.9 Å². The average molecular weight is 450 g/mol. The van der Waals surface area contributed by atoms with Gasteiger partial charge in [0.25, 0.3) is 5.91 Å². The summed E-state index contributed by atoms with van der Waals surface area (Å²) >= 11 is 0. The van der Waals surface area contributed by atoms with Crippen LogP contribution in [0.5, 0.6) is 23.0 Å². The van der Waals surface area contributed by atoms with E-state index in [9.17, 15) is 4.79 Å². The number of ether oxygens (including phenoxy) is 4. The molecule has 0 aromatic heterocycles. The van der Waals surface area contributed by atoms with E-state index in [1.54, 1.807) is 27.4 Å². The molecule has 174 valence electrons. The lowest BCUT2D eigenvalue weighted by Crippen LogP contribution is -2.32. The quantitative estimate of drug-likeness (QED) is 0.413. The number of benzene rings is 3. The van der Waals surface area contributed by atoms with Crippen LogP contribution in [0, 0.1) is 0 Å². The van der Waals surface area contributed by atoms with Crippen LogP contribution in [-0.4, -0.2) is 45.3 Å². The molecule has 3 aromatic rings. The molecule has 0 heterocycles. The summed E-state index contributed by atoms with van der Waals surface area (Å²) < 4.78 is 21.6. The van der Waals surface area contributed by atoms with Crippen LogP contribution in [-0.2, 0) is 13.0 Å². The van der Waals surface area contributed by atoms with Crippen molar-refractivity contribution in [2.24, 2.45) is 0 Å². The molecular formula is C27H31NO5. The number of rotatable bonds is 11. The van der Waals surface area contributed by atoms with E-state index < -0.39 is 0 Å². The lowest BCUT2D eigenvalue weighted by atomic mass is 10.1. The normalized spacial score (nSPS) is 10.4. The molecule has 3 aromatic carbocycles. The summed E-state index contributed by atoms with van der Waals surface area (Å²) in [6, 6.07) is 20.9. The Balaban J connectivity index is 1.82. The van der Waals surface area contributed by atoms with Crippen LogP contribution in [0.15, 0.2) is 66.7 Å². The number of amides is 1. The molecule has 6 heteroatoms. The zero-order valence-electron chi connectivity index (χ0n) is 19.7. The summed E-state index contributed by atoms with van der Waals surface area (Å²) in [5.41, 5.74) is 2.68. The molecule has 0 aliphatic rings. The molecule has 0 saturated carbocycles. The van der Waals surface area contributed by atoms with Crippen LogP contribution >= 0.6 is 0 Å². The molecule has 0 aliphatic carbocycles. The Labute approximate surface area is 195 Å². The summed E-state index contributed by atoms with van der Waals surface area (Å²) in [7, 11) is 4.83. The van der Waals surface area contributed by atoms with Gasteiger partial charge in [0.2, 0.25) is 0 Å². The van der Waals surface area contributed by atoms with Crippen LogP contribution in [0.25, 0.3) is 0 Å². The first-order chi connectivity index (χ1) is 16.1. The summed E-state index contributed by atoms with van der Waals surface area (Å²) in [5, 5.41) is 0. The van der Waals surface area contributed by atoms with Crippen molar-refractivity contribution in [1.29, 1.82) is 0 Å². The number of methoxy groups -OCH3 is 3. The van der Waals surface area contributed by atoms with Crippen molar-refractivity contribution in [3.05, 3.63) is 83.4 Å². The molecule has 0 aliphatic heterocycles. The largest absolute Gasteiger partial charge is 0.497 e. The lowest BCUT2D eigenvalue weighted by Gasteiger charge is -2.24. The topological polar surface area (TPSA) is 57.2 Å². The zero-order chi connectivity index (χ0) is 23.6. The highest BCUT2D eigenvalue weighted by Crippen LogP contribution is 2.28. The highest BCUT2D eigenvalue weighted by atomic mass is 16.5. The molecule has 0 radical (unpaired) electrons. The molecule has 0 spiro atoms. The zero-order valence-corrected chi connectivity index (χ0v) is 19.7. The van der Waals surface area contributed by atoms with Gasteiger partial charge < -0.3 is 23.8 Å². The van der Waals surface area contributed by atoms with Gasteiger partial charge in [-0.2, -0.15) is 0 Å². The SMILES string of the molecule is CCOc1ccc(CN(CCc2ccc(OC)c(OC)c2)C(=O)c2cccc(OC)c2)cc1. The van der Waals surface area contributed by atoms with E-state index in [2.05, 4.69) is 0 Å². The summed E-state index contributed by atoms with van der Waals surface area (Å²) in [6.07, 6.45) is 0.674. The van der Waals surface area contributed by atoms with Crippen molar-refractivity contribution in [3.8, 4) is 23.0 Å². The highest BCUT2D eigenvalue weighted by molar-refractivity contribution is 5.94. The fraction of sp³-hybridized carbons (Fsp3) is 0.296. The Morgan fingerprint density at radius 1 is 0.788 bits per heavy atom. The molecule has 3 rings (SSSR count). The Morgan fingerprint density at radius 2 is 1.52 bits per heavy atom. The smallest absolute Gasteiger partial charge is 0.254 e. The second-order valence-electron chi connectivity index (χ2n) is 7.47. The first kappa shape index (κ1) is 24.0. The molecule has 0 N–H and O–H groups in total. The molecule has 0 bridgehead atoms. The van der Waals surface area contributed by atoms with Gasteiger partial charge in [-0.15, -0.1) is 0 Å². The van der Waals surface area contributed by atoms with Gasteiger partial charge in [0.15, 0.2) is 11.5 Å². The van der Waals surface area contributed by atoms with E-state index in [0.717, 1.165) is 16.9 Å². The maximum atomic E-state index is 13.4. The minimum atomic E-state index is -0.0525.